The Bertz CT molecular complexity index is 1890. The lowest BCUT2D eigenvalue weighted by molar-refractivity contribution is 0.0686. The van der Waals surface area contributed by atoms with Gasteiger partial charge in [-0.05, 0) is 83.9 Å². The van der Waals surface area contributed by atoms with E-state index in [4.69, 9.17) is 10.2 Å². The van der Waals surface area contributed by atoms with Gasteiger partial charge >= 0.3 is 11.9 Å². The minimum Gasteiger partial charge on any atom is -0.478 e. The summed E-state index contributed by atoms with van der Waals surface area (Å²) in [6, 6.07) is 17.1. The Kier molecular flexibility index (Phi) is 6.88. The summed E-state index contributed by atoms with van der Waals surface area (Å²) in [4.78, 5) is 47.4. The van der Waals surface area contributed by atoms with E-state index in [1.807, 2.05) is 0 Å². The first-order valence-electron chi connectivity index (χ1n) is 11.9. The van der Waals surface area contributed by atoms with Gasteiger partial charge < -0.3 is 10.2 Å². The van der Waals surface area contributed by atoms with Crippen LogP contribution >= 0.6 is 0 Å². The molecule has 0 heterocycles. The molecule has 42 heavy (non-hydrogen) atoms. The van der Waals surface area contributed by atoms with Crippen LogP contribution in [0.4, 0.5) is 11.4 Å². The van der Waals surface area contributed by atoms with Gasteiger partial charge in [0.25, 0.3) is 20.0 Å². The second-order valence-electron chi connectivity index (χ2n) is 9.05. The van der Waals surface area contributed by atoms with E-state index in [0.717, 1.165) is 12.1 Å². The van der Waals surface area contributed by atoms with Crippen LogP contribution in [0.1, 0.15) is 41.4 Å². The summed E-state index contributed by atoms with van der Waals surface area (Å²) in [5.74, 6) is -4.44. The van der Waals surface area contributed by atoms with Crippen LogP contribution in [0.15, 0.2) is 94.7 Å². The van der Waals surface area contributed by atoms with E-state index >= 15 is 0 Å². The lowest BCUT2D eigenvalue weighted by Crippen LogP contribution is -2.23. The Morgan fingerprint density at radius 2 is 0.833 bits per heavy atom. The molecular formula is C28H18N2O10S2. The van der Waals surface area contributed by atoms with Gasteiger partial charge in [0.15, 0.2) is 0 Å². The lowest BCUT2D eigenvalue weighted by Gasteiger charge is -2.20. The molecule has 0 spiro atoms. The number of carboxylic acid groups (broad SMARTS) is 2. The smallest absolute Gasteiger partial charge is 0.335 e. The molecule has 4 aromatic carbocycles. The average Bonchev–Trinajstić information content (AvgIpc) is 2.95. The molecule has 12 nitrogen and oxygen atoms in total. The summed E-state index contributed by atoms with van der Waals surface area (Å²) < 4.78 is 56.5. The van der Waals surface area contributed by atoms with Crippen molar-refractivity contribution >= 4 is 54.9 Å². The molecule has 0 aliphatic heterocycles. The molecule has 1 aliphatic carbocycles. The van der Waals surface area contributed by atoms with Gasteiger partial charge in [-0.2, -0.15) is 0 Å². The summed E-state index contributed by atoms with van der Waals surface area (Å²) in [5.41, 5.74) is 0.122. The number of anilines is 2. The summed E-state index contributed by atoms with van der Waals surface area (Å²) in [6.07, 6.45) is 0. The number of nitrogens with one attached hydrogen (secondary N) is 2. The molecule has 0 saturated heterocycles. The molecule has 14 heteroatoms. The molecule has 0 radical (unpaired) electrons. The predicted molar refractivity (Wildman–Crippen MR) is 149 cm³/mol. The number of fused-ring (bicyclic) bond motifs is 3. The van der Waals surface area contributed by atoms with Gasteiger partial charge in [0.05, 0.1) is 20.9 Å². The summed E-state index contributed by atoms with van der Waals surface area (Å²) >= 11 is 0. The number of Topliss-reactive ketones (excluding diaryl/α,β-unsaturated/α-hetero) is 2. The third-order valence-electron chi connectivity index (χ3n) is 6.36. The maximum absolute atomic E-state index is 13.0. The zero-order valence-corrected chi connectivity index (χ0v) is 22.7. The van der Waals surface area contributed by atoms with Gasteiger partial charge in [0, 0.05) is 22.5 Å². The molecule has 1 aliphatic rings. The number of sulfonamides is 2. The van der Waals surface area contributed by atoms with Crippen molar-refractivity contribution in [3.8, 4) is 11.1 Å². The molecule has 0 amide bonds. The molecule has 0 unspecified atom stereocenters. The number of rotatable bonds is 8. The van der Waals surface area contributed by atoms with Crippen LogP contribution in [0.3, 0.4) is 0 Å². The largest absolute Gasteiger partial charge is 0.478 e. The van der Waals surface area contributed by atoms with Crippen LogP contribution in [0.5, 0.6) is 0 Å². The third-order valence-corrected chi connectivity index (χ3v) is 9.11. The fraction of sp³-hybridized carbons (Fsp3) is 0. The Morgan fingerprint density at radius 3 is 1.14 bits per heavy atom. The number of ketones is 2. The molecule has 0 saturated carbocycles. The SMILES string of the molecule is O=C(O)c1ccc(NS(=O)(=O)c2ccc3c(c2)C(=O)C(=O)c2cc(S(=O)(=O)Nc4ccc(C(=O)O)cc4)ccc2-3)cc1. The van der Waals surface area contributed by atoms with Gasteiger partial charge in [-0.1, -0.05) is 12.1 Å². The Labute approximate surface area is 238 Å². The van der Waals surface area contributed by atoms with Gasteiger partial charge in [-0.25, -0.2) is 26.4 Å². The monoisotopic (exact) mass is 606 g/mol. The van der Waals surface area contributed by atoms with Crippen molar-refractivity contribution in [2.24, 2.45) is 0 Å². The van der Waals surface area contributed by atoms with E-state index in [1.54, 1.807) is 0 Å². The lowest BCUT2D eigenvalue weighted by atomic mass is 9.84. The highest BCUT2D eigenvalue weighted by atomic mass is 32.2. The quantitative estimate of drug-likeness (QED) is 0.214. The van der Waals surface area contributed by atoms with Crippen molar-refractivity contribution in [3.05, 3.63) is 107 Å². The van der Waals surface area contributed by atoms with Gasteiger partial charge in [-0.3, -0.25) is 19.0 Å². The second kappa shape index (κ2) is 10.2. The van der Waals surface area contributed by atoms with Crippen LogP contribution < -0.4 is 9.44 Å². The Balaban J connectivity index is 1.45. The van der Waals surface area contributed by atoms with Crippen molar-refractivity contribution in [2.45, 2.75) is 9.79 Å². The highest BCUT2D eigenvalue weighted by molar-refractivity contribution is 7.93. The second-order valence-corrected chi connectivity index (χ2v) is 12.4. The molecule has 0 atom stereocenters. The molecule has 4 aromatic rings. The number of aromatic carboxylic acids is 2. The van der Waals surface area contributed by atoms with Crippen LogP contribution in [0.2, 0.25) is 0 Å². The molecule has 5 rings (SSSR count). The summed E-state index contributed by atoms with van der Waals surface area (Å²) in [6.45, 7) is 0. The summed E-state index contributed by atoms with van der Waals surface area (Å²) in [7, 11) is -8.49. The predicted octanol–water partition coefficient (Wildman–Crippen LogP) is 3.73. The van der Waals surface area contributed by atoms with E-state index in [-0.39, 0.29) is 54.5 Å². The maximum atomic E-state index is 13.0. The van der Waals surface area contributed by atoms with Crippen molar-refractivity contribution in [1.29, 1.82) is 0 Å². The maximum Gasteiger partial charge on any atom is 0.335 e. The minimum atomic E-state index is -4.24. The van der Waals surface area contributed by atoms with E-state index in [1.165, 1.54) is 72.8 Å². The highest BCUT2D eigenvalue weighted by Crippen LogP contribution is 2.36. The van der Waals surface area contributed by atoms with Crippen LogP contribution in [0.25, 0.3) is 11.1 Å². The first kappa shape index (κ1) is 28.2. The number of carbonyl (C=O) groups excluding carboxylic acids is 2. The first-order chi connectivity index (χ1) is 19.8. The zero-order valence-electron chi connectivity index (χ0n) is 21.1. The van der Waals surface area contributed by atoms with E-state index in [0.29, 0.717) is 0 Å². The molecule has 212 valence electrons. The molecular weight excluding hydrogens is 588 g/mol. The number of hydrogen-bond acceptors (Lipinski definition) is 8. The molecule has 0 aromatic heterocycles. The molecule has 0 bridgehead atoms. The average molecular weight is 607 g/mol. The van der Waals surface area contributed by atoms with Crippen molar-refractivity contribution in [2.75, 3.05) is 9.44 Å². The van der Waals surface area contributed by atoms with Crippen molar-refractivity contribution in [3.63, 3.8) is 0 Å². The molecule has 0 fully saturated rings. The topological polar surface area (TPSA) is 201 Å². The Hall–Kier alpha value is -5.34. The number of hydrogen-bond donors (Lipinski definition) is 4. The van der Waals surface area contributed by atoms with Gasteiger partial charge in [0.1, 0.15) is 0 Å². The normalized spacial score (nSPS) is 12.7. The number of carbonyl (C=O) groups is 4. The van der Waals surface area contributed by atoms with Crippen LogP contribution in [-0.2, 0) is 20.0 Å². The van der Waals surface area contributed by atoms with E-state index < -0.39 is 43.6 Å². The number of carboxylic acids is 2. The van der Waals surface area contributed by atoms with Crippen LogP contribution in [0, 0.1) is 0 Å². The van der Waals surface area contributed by atoms with Gasteiger partial charge in [-0.15, -0.1) is 0 Å². The standard InChI is InChI=1S/C28H18N2O10S2/c31-25-23-13-19(41(37,38)29-17-5-1-15(2-6-17)27(33)34)9-11-21(23)22-12-10-20(14-24(22)26(25)32)42(39,40)30-18-7-3-16(4-8-18)28(35)36/h1-14,29-30H,(H,33,34)(H,35,36). The Morgan fingerprint density at radius 1 is 0.500 bits per heavy atom. The van der Waals surface area contributed by atoms with E-state index in [9.17, 15) is 36.0 Å². The van der Waals surface area contributed by atoms with Crippen molar-refractivity contribution < 1.29 is 46.2 Å². The fourth-order valence-corrected chi connectivity index (χ4v) is 6.43. The minimum absolute atomic E-state index is 0.0457. The number of benzene rings is 4. The van der Waals surface area contributed by atoms with Gasteiger partial charge in [0.2, 0.25) is 11.6 Å². The van der Waals surface area contributed by atoms with Crippen molar-refractivity contribution in [1.82, 2.24) is 0 Å². The third kappa shape index (κ3) is 5.23. The highest BCUT2D eigenvalue weighted by Gasteiger charge is 2.33. The summed E-state index contributed by atoms with van der Waals surface area (Å²) in [5, 5.41) is 18.0. The fourth-order valence-electron chi connectivity index (χ4n) is 4.26. The first-order valence-corrected chi connectivity index (χ1v) is 14.8. The zero-order chi connectivity index (χ0) is 30.4. The van der Waals surface area contributed by atoms with Crippen LogP contribution in [-0.4, -0.2) is 50.6 Å². The van der Waals surface area contributed by atoms with E-state index in [2.05, 4.69) is 9.44 Å². The molecule has 4 N–H and O–H groups in total.